The molecule has 1 aromatic carbocycles. The minimum Gasteiger partial charge on any atom is -0.381 e. The summed E-state index contributed by atoms with van der Waals surface area (Å²) in [5.41, 5.74) is 6.01. The Hall–Kier alpha value is -1.99. The lowest BCUT2D eigenvalue weighted by molar-refractivity contribution is -0.143. The number of halogens is 1. The number of piperidine rings is 1. The predicted octanol–water partition coefficient (Wildman–Crippen LogP) is 1.51. The zero-order valence-corrected chi connectivity index (χ0v) is 14.2. The van der Waals surface area contributed by atoms with Crippen molar-refractivity contribution in [3.05, 3.63) is 30.1 Å². The van der Waals surface area contributed by atoms with Crippen molar-refractivity contribution in [2.45, 2.75) is 31.2 Å². The summed E-state index contributed by atoms with van der Waals surface area (Å²) >= 11 is 0. The third-order valence-electron chi connectivity index (χ3n) is 5.08. The molecule has 2 aliphatic rings. The number of anilines is 1. The highest BCUT2D eigenvalue weighted by Gasteiger charge is 2.40. The maximum absolute atomic E-state index is 12.9. The van der Waals surface area contributed by atoms with Gasteiger partial charge in [-0.3, -0.25) is 9.59 Å². The van der Waals surface area contributed by atoms with E-state index in [2.05, 4.69) is 5.32 Å². The molecule has 0 aromatic heterocycles. The van der Waals surface area contributed by atoms with Gasteiger partial charge in [0.1, 0.15) is 5.82 Å². The van der Waals surface area contributed by atoms with Gasteiger partial charge in [0.2, 0.25) is 11.8 Å². The number of rotatable bonds is 3. The highest BCUT2D eigenvalue weighted by Crippen LogP contribution is 2.25. The first kappa shape index (κ1) is 17.8. The molecule has 1 aromatic rings. The van der Waals surface area contributed by atoms with Gasteiger partial charge in [0.05, 0.1) is 5.54 Å². The summed E-state index contributed by atoms with van der Waals surface area (Å²) in [5.74, 6) is -0.619. The summed E-state index contributed by atoms with van der Waals surface area (Å²) in [4.78, 5) is 26.8. The van der Waals surface area contributed by atoms with E-state index in [0.717, 1.165) is 0 Å². The number of likely N-dealkylation sites (tertiary alicyclic amines) is 1. The van der Waals surface area contributed by atoms with E-state index in [1.807, 2.05) is 0 Å². The number of hydrogen-bond donors (Lipinski definition) is 2. The van der Waals surface area contributed by atoms with Gasteiger partial charge in [0, 0.05) is 37.9 Å². The van der Waals surface area contributed by atoms with Gasteiger partial charge >= 0.3 is 0 Å². The quantitative estimate of drug-likeness (QED) is 0.866. The summed E-state index contributed by atoms with van der Waals surface area (Å²) in [6.45, 7) is 2.08. The second kappa shape index (κ2) is 7.49. The zero-order valence-electron chi connectivity index (χ0n) is 14.2. The van der Waals surface area contributed by atoms with Gasteiger partial charge < -0.3 is 20.7 Å². The van der Waals surface area contributed by atoms with E-state index in [1.165, 1.54) is 24.3 Å². The summed E-state index contributed by atoms with van der Waals surface area (Å²) < 4.78 is 18.2. The monoisotopic (exact) mass is 349 g/mol. The van der Waals surface area contributed by atoms with Crippen LogP contribution in [0.2, 0.25) is 0 Å². The van der Waals surface area contributed by atoms with Gasteiger partial charge in [-0.05, 0) is 49.9 Å². The van der Waals surface area contributed by atoms with Gasteiger partial charge in [0.15, 0.2) is 0 Å². The van der Waals surface area contributed by atoms with E-state index in [1.54, 1.807) is 4.90 Å². The third kappa shape index (κ3) is 4.16. The molecule has 0 unspecified atom stereocenters. The Bertz CT molecular complexity index is 621. The Morgan fingerprint density at radius 3 is 2.36 bits per heavy atom. The molecular weight excluding hydrogens is 325 g/mol. The summed E-state index contributed by atoms with van der Waals surface area (Å²) in [6, 6.07) is 5.70. The van der Waals surface area contributed by atoms with Crippen LogP contribution in [-0.4, -0.2) is 48.6 Å². The summed E-state index contributed by atoms with van der Waals surface area (Å²) in [7, 11) is 0. The Kier molecular flexibility index (Phi) is 5.34. The number of nitrogens with two attached hydrogens (primary N) is 1. The van der Waals surface area contributed by atoms with E-state index in [9.17, 15) is 14.0 Å². The maximum Gasteiger partial charge on any atom is 0.242 e. The van der Waals surface area contributed by atoms with Crippen molar-refractivity contribution in [2.75, 3.05) is 31.6 Å². The normalized spacial score (nSPS) is 21.0. The van der Waals surface area contributed by atoms with E-state index in [0.29, 0.717) is 57.7 Å². The average molecular weight is 349 g/mol. The number of ether oxygens (including phenoxy) is 1. The van der Waals surface area contributed by atoms with Gasteiger partial charge in [-0.1, -0.05) is 0 Å². The van der Waals surface area contributed by atoms with Crippen LogP contribution in [0.1, 0.15) is 25.7 Å². The molecule has 2 aliphatic heterocycles. The highest BCUT2D eigenvalue weighted by atomic mass is 19.1. The van der Waals surface area contributed by atoms with Crippen molar-refractivity contribution >= 4 is 17.5 Å². The standard InChI is InChI=1S/C18H24FN3O3/c19-14-1-3-15(4-2-14)21-16(23)13-5-9-22(10-6-13)17(24)18(20)7-11-25-12-8-18/h1-4,13H,5-12,20H2,(H,21,23). The molecule has 0 radical (unpaired) electrons. The van der Waals surface area contributed by atoms with E-state index >= 15 is 0 Å². The molecule has 0 spiro atoms. The Morgan fingerprint density at radius 2 is 1.76 bits per heavy atom. The van der Waals surface area contributed by atoms with Crippen LogP contribution < -0.4 is 11.1 Å². The van der Waals surface area contributed by atoms with Crippen molar-refractivity contribution in [1.82, 2.24) is 4.90 Å². The van der Waals surface area contributed by atoms with Crippen LogP contribution in [0.3, 0.4) is 0 Å². The summed E-state index contributed by atoms with van der Waals surface area (Å²) in [6.07, 6.45) is 2.28. The van der Waals surface area contributed by atoms with Crippen molar-refractivity contribution < 1.29 is 18.7 Å². The lowest BCUT2D eigenvalue weighted by atomic mass is 9.87. The molecule has 7 heteroatoms. The van der Waals surface area contributed by atoms with Crippen molar-refractivity contribution in [1.29, 1.82) is 0 Å². The lowest BCUT2D eigenvalue weighted by Gasteiger charge is -2.39. The van der Waals surface area contributed by atoms with Crippen molar-refractivity contribution in [2.24, 2.45) is 11.7 Å². The number of hydrogen-bond acceptors (Lipinski definition) is 4. The molecule has 2 saturated heterocycles. The first-order chi connectivity index (χ1) is 12.0. The molecule has 3 rings (SSSR count). The summed E-state index contributed by atoms with van der Waals surface area (Å²) in [5, 5.41) is 2.80. The van der Waals surface area contributed by atoms with Crippen LogP contribution >= 0.6 is 0 Å². The van der Waals surface area contributed by atoms with E-state index < -0.39 is 5.54 Å². The molecule has 2 heterocycles. The number of amides is 2. The number of nitrogens with one attached hydrogen (secondary N) is 1. The van der Waals surface area contributed by atoms with Crippen LogP contribution in [0, 0.1) is 11.7 Å². The molecule has 2 fully saturated rings. The van der Waals surface area contributed by atoms with E-state index in [4.69, 9.17) is 10.5 Å². The molecule has 0 atom stereocenters. The van der Waals surface area contributed by atoms with E-state index in [-0.39, 0.29) is 23.5 Å². The number of carbonyl (C=O) groups is 2. The minimum atomic E-state index is -0.832. The molecule has 0 bridgehead atoms. The van der Waals surface area contributed by atoms with Gasteiger partial charge in [0.25, 0.3) is 0 Å². The van der Waals surface area contributed by atoms with Gasteiger partial charge in [-0.2, -0.15) is 0 Å². The number of benzene rings is 1. The largest absolute Gasteiger partial charge is 0.381 e. The third-order valence-corrected chi connectivity index (χ3v) is 5.08. The SMILES string of the molecule is NC1(C(=O)N2CCC(C(=O)Nc3ccc(F)cc3)CC2)CCOCC1. The lowest BCUT2D eigenvalue weighted by Crippen LogP contribution is -2.59. The first-order valence-corrected chi connectivity index (χ1v) is 8.70. The Balaban J connectivity index is 1.51. The fourth-order valence-corrected chi connectivity index (χ4v) is 3.39. The average Bonchev–Trinajstić information content (AvgIpc) is 2.64. The smallest absolute Gasteiger partial charge is 0.242 e. The van der Waals surface area contributed by atoms with Crippen molar-refractivity contribution in [3.8, 4) is 0 Å². The van der Waals surface area contributed by atoms with Crippen LogP contribution in [0.5, 0.6) is 0 Å². The maximum atomic E-state index is 12.9. The topological polar surface area (TPSA) is 84.7 Å². The predicted molar refractivity (Wildman–Crippen MR) is 91.3 cm³/mol. The Morgan fingerprint density at radius 1 is 1.16 bits per heavy atom. The molecule has 0 aliphatic carbocycles. The molecule has 3 N–H and O–H groups in total. The Labute approximate surface area is 146 Å². The highest BCUT2D eigenvalue weighted by molar-refractivity contribution is 5.93. The molecule has 25 heavy (non-hydrogen) atoms. The van der Waals surface area contributed by atoms with Crippen molar-refractivity contribution in [3.63, 3.8) is 0 Å². The molecular formula is C18H24FN3O3. The fraction of sp³-hybridized carbons (Fsp3) is 0.556. The van der Waals surface area contributed by atoms with Crippen LogP contribution in [0.15, 0.2) is 24.3 Å². The minimum absolute atomic E-state index is 0.0341. The molecule has 136 valence electrons. The number of carbonyl (C=O) groups excluding carboxylic acids is 2. The molecule has 0 saturated carbocycles. The molecule has 2 amide bonds. The first-order valence-electron chi connectivity index (χ1n) is 8.70. The van der Waals surface area contributed by atoms with Crippen LogP contribution in [-0.2, 0) is 14.3 Å². The van der Waals surface area contributed by atoms with Gasteiger partial charge in [-0.15, -0.1) is 0 Å². The second-order valence-electron chi connectivity index (χ2n) is 6.83. The second-order valence-corrected chi connectivity index (χ2v) is 6.83. The van der Waals surface area contributed by atoms with Crippen LogP contribution in [0.4, 0.5) is 10.1 Å². The molecule has 6 nitrogen and oxygen atoms in total. The fourth-order valence-electron chi connectivity index (χ4n) is 3.39. The number of nitrogens with zero attached hydrogens (tertiary/aromatic N) is 1. The van der Waals surface area contributed by atoms with Gasteiger partial charge in [-0.25, -0.2) is 4.39 Å². The van der Waals surface area contributed by atoms with Crippen LogP contribution in [0.25, 0.3) is 0 Å². The zero-order chi connectivity index (χ0) is 17.9.